The molecule has 1 fully saturated rings. The largest absolute Gasteiger partial charge is 0.466 e. The van der Waals surface area contributed by atoms with Gasteiger partial charge in [-0.05, 0) is 43.7 Å². The van der Waals surface area contributed by atoms with Gasteiger partial charge in [-0.2, -0.15) is 0 Å². The fourth-order valence-corrected chi connectivity index (χ4v) is 2.71. The number of oxime groups is 1. The molecule has 108 valence electrons. The monoisotopic (exact) mass is 275 g/mol. The summed E-state index contributed by atoms with van der Waals surface area (Å²) in [6.45, 7) is 2.23. The number of carbonyl (C=O) groups is 1. The van der Waals surface area contributed by atoms with Crippen LogP contribution >= 0.6 is 0 Å². The molecule has 0 aromatic heterocycles. The van der Waals surface area contributed by atoms with Crippen LogP contribution in [0.3, 0.4) is 0 Å². The summed E-state index contributed by atoms with van der Waals surface area (Å²) in [7, 11) is 0. The van der Waals surface area contributed by atoms with Gasteiger partial charge >= 0.3 is 5.97 Å². The minimum Gasteiger partial charge on any atom is -0.466 e. The molecule has 1 atom stereocenters. The molecule has 1 aliphatic rings. The lowest BCUT2D eigenvalue weighted by Gasteiger charge is -2.10. The first-order chi connectivity index (χ1) is 9.72. The summed E-state index contributed by atoms with van der Waals surface area (Å²) in [4.78, 5) is 11.4. The summed E-state index contributed by atoms with van der Waals surface area (Å²) in [6, 6.07) is 8.03. The normalized spacial score (nSPS) is 20.2. The molecule has 1 aromatic rings. The summed E-state index contributed by atoms with van der Waals surface area (Å²) in [5.41, 5.74) is 3.10. The first-order valence-corrected chi connectivity index (χ1v) is 7.17. The topological polar surface area (TPSA) is 58.9 Å². The van der Waals surface area contributed by atoms with E-state index in [1.165, 1.54) is 5.56 Å². The molecule has 1 aromatic carbocycles. The van der Waals surface area contributed by atoms with E-state index >= 15 is 0 Å². The van der Waals surface area contributed by atoms with Gasteiger partial charge in [0.05, 0.1) is 18.7 Å². The number of nitrogens with zero attached hydrogens (tertiary/aromatic N) is 1. The van der Waals surface area contributed by atoms with Crippen molar-refractivity contribution in [2.75, 3.05) is 6.61 Å². The Morgan fingerprint density at radius 2 is 2.05 bits per heavy atom. The number of ether oxygens (including phenoxy) is 1. The predicted molar refractivity (Wildman–Crippen MR) is 77.0 cm³/mol. The zero-order valence-electron chi connectivity index (χ0n) is 11.8. The predicted octanol–water partition coefficient (Wildman–Crippen LogP) is 2.97. The van der Waals surface area contributed by atoms with Gasteiger partial charge in [0.2, 0.25) is 0 Å². The highest BCUT2D eigenvalue weighted by atomic mass is 16.5. The second-order valence-electron chi connectivity index (χ2n) is 5.18. The van der Waals surface area contributed by atoms with Crippen LogP contribution in [-0.2, 0) is 22.4 Å². The van der Waals surface area contributed by atoms with Crippen molar-refractivity contribution in [3.63, 3.8) is 0 Å². The van der Waals surface area contributed by atoms with Gasteiger partial charge < -0.3 is 9.94 Å². The van der Waals surface area contributed by atoms with Gasteiger partial charge in [0, 0.05) is 5.92 Å². The molecule has 1 unspecified atom stereocenters. The maximum Gasteiger partial charge on any atom is 0.310 e. The minimum atomic E-state index is -0.189. The first kappa shape index (κ1) is 14.6. The summed E-state index contributed by atoms with van der Waals surface area (Å²) in [5, 5.41) is 12.3. The van der Waals surface area contributed by atoms with E-state index in [1.807, 2.05) is 31.2 Å². The standard InChI is InChI=1S/C16H21NO3/c1-2-20-16(18)11-13-8-6-12(7-9-13)10-14-4-3-5-15(14)17-19/h6-9,14,19H,2-5,10-11H2,1H3. The highest BCUT2D eigenvalue weighted by molar-refractivity contribution is 5.88. The molecule has 4 nitrogen and oxygen atoms in total. The van der Waals surface area contributed by atoms with Crippen LogP contribution in [0.5, 0.6) is 0 Å². The molecule has 1 N–H and O–H groups in total. The Bertz CT molecular complexity index is 479. The summed E-state index contributed by atoms with van der Waals surface area (Å²) >= 11 is 0. The Morgan fingerprint density at radius 3 is 2.70 bits per heavy atom. The van der Waals surface area contributed by atoms with E-state index in [4.69, 9.17) is 9.94 Å². The number of hydrogen-bond donors (Lipinski definition) is 1. The molecule has 0 bridgehead atoms. The third-order valence-electron chi connectivity index (χ3n) is 3.74. The Kier molecular flexibility index (Phi) is 5.16. The second kappa shape index (κ2) is 7.08. The molecule has 0 saturated heterocycles. The molecule has 0 spiro atoms. The fraction of sp³-hybridized carbons (Fsp3) is 0.500. The van der Waals surface area contributed by atoms with E-state index in [0.29, 0.717) is 18.9 Å². The molecule has 0 amide bonds. The molecule has 2 rings (SSSR count). The van der Waals surface area contributed by atoms with Crippen molar-refractivity contribution >= 4 is 11.7 Å². The Balaban J connectivity index is 1.93. The highest BCUT2D eigenvalue weighted by Gasteiger charge is 2.23. The molecule has 4 heteroatoms. The van der Waals surface area contributed by atoms with Crippen molar-refractivity contribution in [3.05, 3.63) is 35.4 Å². The van der Waals surface area contributed by atoms with Crippen LogP contribution in [0.4, 0.5) is 0 Å². The molecule has 1 aliphatic carbocycles. The zero-order chi connectivity index (χ0) is 14.4. The summed E-state index contributed by atoms with van der Waals surface area (Å²) in [5.74, 6) is 0.168. The molecule has 0 heterocycles. The lowest BCUT2D eigenvalue weighted by Crippen LogP contribution is -2.10. The van der Waals surface area contributed by atoms with Crippen molar-refractivity contribution in [2.24, 2.45) is 11.1 Å². The number of rotatable bonds is 5. The van der Waals surface area contributed by atoms with E-state index in [2.05, 4.69) is 5.16 Å². The van der Waals surface area contributed by atoms with E-state index in [0.717, 1.165) is 37.0 Å². The molecular weight excluding hydrogens is 254 g/mol. The Hall–Kier alpha value is -1.84. The average molecular weight is 275 g/mol. The minimum absolute atomic E-state index is 0.189. The van der Waals surface area contributed by atoms with E-state index < -0.39 is 0 Å². The SMILES string of the molecule is CCOC(=O)Cc1ccc(CC2CCCC2=NO)cc1. The van der Waals surface area contributed by atoms with Gasteiger partial charge in [-0.3, -0.25) is 4.79 Å². The lowest BCUT2D eigenvalue weighted by atomic mass is 9.96. The van der Waals surface area contributed by atoms with Gasteiger partial charge in [0.15, 0.2) is 0 Å². The Labute approximate surface area is 119 Å². The van der Waals surface area contributed by atoms with Crippen LogP contribution in [0.15, 0.2) is 29.4 Å². The lowest BCUT2D eigenvalue weighted by molar-refractivity contribution is -0.142. The van der Waals surface area contributed by atoms with Crippen molar-refractivity contribution in [3.8, 4) is 0 Å². The quantitative estimate of drug-likeness (QED) is 0.510. The zero-order valence-corrected chi connectivity index (χ0v) is 11.8. The van der Waals surface area contributed by atoms with Crippen LogP contribution in [0.2, 0.25) is 0 Å². The van der Waals surface area contributed by atoms with Crippen molar-refractivity contribution in [1.82, 2.24) is 0 Å². The molecule has 0 radical (unpaired) electrons. The van der Waals surface area contributed by atoms with E-state index in [-0.39, 0.29) is 5.97 Å². The maximum atomic E-state index is 11.4. The van der Waals surface area contributed by atoms with Crippen molar-refractivity contribution in [2.45, 2.75) is 39.0 Å². The third-order valence-corrected chi connectivity index (χ3v) is 3.74. The van der Waals surface area contributed by atoms with Gasteiger partial charge in [-0.15, -0.1) is 0 Å². The molecule has 1 saturated carbocycles. The van der Waals surface area contributed by atoms with Crippen LogP contribution in [0.1, 0.15) is 37.3 Å². The molecule has 20 heavy (non-hydrogen) atoms. The first-order valence-electron chi connectivity index (χ1n) is 7.17. The highest BCUT2D eigenvalue weighted by Crippen LogP contribution is 2.26. The van der Waals surface area contributed by atoms with Gasteiger partial charge in [0.1, 0.15) is 0 Å². The third kappa shape index (κ3) is 3.83. The van der Waals surface area contributed by atoms with E-state index in [1.54, 1.807) is 0 Å². The van der Waals surface area contributed by atoms with Crippen LogP contribution in [0.25, 0.3) is 0 Å². The number of esters is 1. The van der Waals surface area contributed by atoms with E-state index in [9.17, 15) is 4.79 Å². The smallest absolute Gasteiger partial charge is 0.310 e. The van der Waals surface area contributed by atoms with Gasteiger partial charge in [-0.25, -0.2) is 0 Å². The number of hydrogen-bond acceptors (Lipinski definition) is 4. The maximum absolute atomic E-state index is 11.4. The summed E-state index contributed by atoms with van der Waals surface area (Å²) in [6.07, 6.45) is 4.32. The average Bonchev–Trinajstić information content (AvgIpc) is 2.88. The molecular formula is C16H21NO3. The molecule has 0 aliphatic heterocycles. The summed E-state index contributed by atoms with van der Waals surface area (Å²) < 4.78 is 4.93. The van der Waals surface area contributed by atoms with Crippen LogP contribution in [-0.4, -0.2) is 23.5 Å². The fourth-order valence-electron chi connectivity index (χ4n) is 2.71. The van der Waals surface area contributed by atoms with Crippen LogP contribution in [0, 0.1) is 5.92 Å². The van der Waals surface area contributed by atoms with Crippen LogP contribution < -0.4 is 0 Å². The van der Waals surface area contributed by atoms with Crippen molar-refractivity contribution in [1.29, 1.82) is 0 Å². The van der Waals surface area contributed by atoms with Crippen molar-refractivity contribution < 1.29 is 14.7 Å². The number of carbonyl (C=O) groups excluding carboxylic acids is 1. The van der Waals surface area contributed by atoms with Gasteiger partial charge in [0.25, 0.3) is 0 Å². The number of benzene rings is 1. The Morgan fingerprint density at radius 1 is 1.35 bits per heavy atom. The second-order valence-corrected chi connectivity index (χ2v) is 5.18. The van der Waals surface area contributed by atoms with Gasteiger partial charge in [-0.1, -0.05) is 29.4 Å².